The van der Waals surface area contributed by atoms with Crippen LogP contribution in [0.3, 0.4) is 0 Å². The number of thiazole rings is 1. The number of amides is 1. The quantitative estimate of drug-likeness (QED) is 0.501. The van der Waals surface area contributed by atoms with E-state index in [1.54, 1.807) is 17.5 Å². The van der Waals surface area contributed by atoms with Gasteiger partial charge in [0.1, 0.15) is 16.5 Å². The van der Waals surface area contributed by atoms with Crippen LogP contribution in [0, 0.1) is 5.82 Å². The minimum atomic E-state index is -0.249. The molecule has 3 rings (SSSR count). The summed E-state index contributed by atoms with van der Waals surface area (Å²) < 4.78 is 13.3. The first-order chi connectivity index (χ1) is 14.0. The van der Waals surface area contributed by atoms with Crippen molar-refractivity contribution in [3.63, 3.8) is 0 Å². The second-order valence-corrected chi connectivity index (χ2v) is 8.16. The Labute approximate surface area is 179 Å². The minimum absolute atomic E-state index is 0.142. The van der Waals surface area contributed by atoms with Gasteiger partial charge in [0.2, 0.25) is 0 Å². The first-order valence-corrected chi connectivity index (χ1v) is 10.7. The second kappa shape index (κ2) is 10.5. The Morgan fingerprint density at radius 3 is 2.31 bits per heavy atom. The highest BCUT2D eigenvalue weighted by Gasteiger charge is 2.14. The van der Waals surface area contributed by atoms with E-state index in [4.69, 9.17) is 11.6 Å². The molecule has 2 aromatic carbocycles. The minimum Gasteiger partial charge on any atom is -0.351 e. The Hall–Kier alpha value is -2.28. The van der Waals surface area contributed by atoms with Gasteiger partial charge in [-0.25, -0.2) is 9.37 Å². The summed E-state index contributed by atoms with van der Waals surface area (Å²) in [6.07, 6.45) is 0.884. The van der Waals surface area contributed by atoms with E-state index in [1.165, 1.54) is 23.5 Å². The predicted molar refractivity (Wildman–Crippen MR) is 116 cm³/mol. The van der Waals surface area contributed by atoms with Crippen molar-refractivity contribution in [1.82, 2.24) is 15.2 Å². The number of hydrogen-bond acceptors (Lipinski definition) is 4. The third-order valence-electron chi connectivity index (χ3n) is 4.32. The molecular weight excluding hydrogens is 409 g/mol. The molecule has 7 heteroatoms. The highest BCUT2D eigenvalue weighted by atomic mass is 35.5. The molecule has 152 valence electrons. The van der Waals surface area contributed by atoms with Crippen molar-refractivity contribution in [3.8, 4) is 0 Å². The molecule has 1 aromatic heterocycles. The maximum Gasteiger partial charge on any atom is 0.270 e. The van der Waals surface area contributed by atoms with E-state index in [9.17, 15) is 9.18 Å². The van der Waals surface area contributed by atoms with Crippen molar-refractivity contribution < 1.29 is 9.18 Å². The molecule has 4 nitrogen and oxygen atoms in total. The fourth-order valence-electron chi connectivity index (χ4n) is 2.87. The average molecular weight is 432 g/mol. The Balaban J connectivity index is 1.73. The van der Waals surface area contributed by atoms with E-state index in [0.29, 0.717) is 36.9 Å². The summed E-state index contributed by atoms with van der Waals surface area (Å²) >= 11 is 7.47. The molecule has 0 aliphatic heterocycles. The molecule has 0 aliphatic rings. The zero-order valence-electron chi connectivity index (χ0n) is 16.2. The van der Waals surface area contributed by atoms with Crippen molar-refractivity contribution in [2.75, 3.05) is 6.54 Å². The van der Waals surface area contributed by atoms with Gasteiger partial charge in [-0.15, -0.1) is 11.3 Å². The third-order valence-corrected chi connectivity index (χ3v) is 5.40. The van der Waals surface area contributed by atoms with Gasteiger partial charge in [0.15, 0.2) is 0 Å². The van der Waals surface area contributed by atoms with Gasteiger partial charge in [0.05, 0.1) is 6.54 Å². The number of carbonyl (C=O) groups excluding carboxylic acids is 1. The van der Waals surface area contributed by atoms with Crippen LogP contribution in [0.1, 0.15) is 40.0 Å². The maximum atomic E-state index is 13.3. The number of nitrogens with one attached hydrogen (secondary N) is 1. The fraction of sp³-hybridized carbons (Fsp3) is 0.273. The second-order valence-electron chi connectivity index (χ2n) is 6.78. The zero-order chi connectivity index (χ0) is 20.6. The van der Waals surface area contributed by atoms with Crippen molar-refractivity contribution in [2.24, 2.45) is 0 Å². The summed E-state index contributed by atoms with van der Waals surface area (Å²) in [6.45, 7) is 4.56. The summed E-state index contributed by atoms with van der Waals surface area (Å²) in [7, 11) is 0. The number of aromatic nitrogens is 1. The van der Waals surface area contributed by atoms with E-state index < -0.39 is 0 Å². The molecule has 0 atom stereocenters. The lowest BCUT2D eigenvalue weighted by molar-refractivity contribution is 0.0949. The largest absolute Gasteiger partial charge is 0.351 e. The first kappa shape index (κ1) is 21.4. The highest BCUT2D eigenvalue weighted by Crippen LogP contribution is 2.19. The van der Waals surface area contributed by atoms with Gasteiger partial charge in [-0.05, 0) is 41.8 Å². The van der Waals surface area contributed by atoms with Crippen molar-refractivity contribution in [2.45, 2.75) is 33.0 Å². The maximum absolute atomic E-state index is 13.3. The summed E-state index contributed by atoms with van der Waals surface area (Å²) in [5.74, 6) is -0.391. The molecule has 1 amide bonds. The monoisotopic (exact) mass is 431 g/mol. The smallest absolute Gasteiger partial charge is 0.270 e. The number of nitrogens with zero attached hydrogens (tertiary/aromatic N) is 2. The van der Waals surface area contributed by atoms with Crippen LogP contribution in [-0.4, -0.2) is 22.3 Å². The van der Waals surface area contributed by atoms with Crippen LogP contribution in [0.15, 0.2) is 53.9 Å². The number of hydrogen-bond donors (Lipinski definition) is 1. The number of benzene rings is 2. The first-order valence-electron chi connectivity index (χ1n) is 9.47. The Morgan fingerprint density at radius 2 is 1.69 bits per heavy atom. The van der Waals surface area contributed by atoms with Gasteiger partial charge in [-0.3, -0.25) is 9.69 Å². The van der Waals surface area contributed by atoms with Crippen LogP contribution in [0.4, 0.5) is 4.39 Å². The number of halogens is 2. The topological polar surface area (TPSA) is 45.2 Å². The molecule has 0 saturated carbocycles. The van der Waals surface area contributed by atoms with E-state index in [1.807, 2.05) is 31.2 Å². The summed E-state index contributed by atoms with van der Waals surface area (Å²) in [5.41, 5.74) is 2.58. The predicted octanol–water partition coefficient (Wildman–Crippen LogP) is 5.28. The van der Waals surface area contributed by atoms with Crippen molar-refractivity contribution >= 4 is 28.8 Å². The Kier molecular flexibility index (Phi) is 7.75. The molecule has 0 bridgehead atoms. The molecule has 0 fully saturated rings. The lowest BCUT2D eigenvalue weighted by Crippen LogP contribution is -2.25. The van der Waals surface area contributed by atoms with Crippen molar-refractivity contribution in [1.29, 1.82) is 0 Å². The summed E-state index contributed by atoms with van der Waals surface area (Å²) in [5, 5.41) is 6.20. The molecule has 3 aromatic rings. The molecule has 1 N–H and O–H groups in total. The lowest BCUT2D eigenvalue weighted by atomic mass is 10.1. The van der Waals surface area contributed by atoms with E-state index in [2.05, 4.69) is 15.2 Å². The van der Waals surface area contributed by atoms with Gasteiger partial charge in [-0.1, -0.05) is 42.8 Å². The molecule has 0 aliphatic carbocycles. The van der Waals surface area contributed by atoms with Gasteiger partial charge in [0, 0.05) is 30.0 Å². The summed E-state index contributed by atoms with van der Waals surface area (Å²) in [6, 6.07) is 14.2. The molecular formula is C22H23ClFN3OS. The van der Waals surface area contributed by atoms with Gasteiger partial charge < -0.3 is 5.32 Å². The Bertz CT molecular complexity index is 880. The van der Waals surface area contributed by atoms with Crippen molar-refractivity contribution in [3.05, 3.63) is 86.6 Å². The standard InChI is InChI=1S/C22H23ClFN3OS/c1-2-11-25-22(28)20-15-29-21(26-20)14-27(12-16-3-7-18(23)8-4-16)13-17-5-9-19(24)10-6-17/h3-10,15H,2,11-14H2,1H3,(H,25,28). The molecule has 0 radical (unpaired) electrons. The summed E-state index contributed by atoms with van der Waals surface area (Å²) in [4.78, 5) is 18.8. The van der Waals surface area contributed by atoms with Crippen LogP contribution in [0.5, 0.6) is 0 Å². The number of carbonyl (C=O) groups is 1. The zero-order valence-corrected chi connectivity index (χ0v) is 17.8. The lowest BCUT2D eigenvalue weighted by Gasteiger charge is -2.21. The average Bonchev–Trinajstić information content (AvgIpc) is 3.18. The molecule has 1 heterocycles. The molecule has 0 unspecified atom stereocenters. The van der Waals surface area contributed by atoms with E-state index >= 15 is 0 Å². The normalized spacial score (nSPS) is 11.0. The molecule has 0 saturated heterocycles. The van der Waals surface area contributed by atoms with Crippen LogP contribution in [0.2, 0.25) is 5.02 Å². The van der Waals surface area contributed by atoms with Gasteiger partial charge in [-0.2, -0.15) is 0 Å². The highest BCUT2D eigenvalue weighted by molar-refractivity contribution is 7.09. The molecule has 29 heavy (non-hydrogen) atoms. The Morgan fingerprint density at radius 1 is 1.07 bits per heavy atom. The molecule has 0 spiro atoms. The van der Waals surface area contributed by atoms with Crippen LogP contribution < -0.4 is 5.32 Å². The van der Waals surface area contributed by atoms with Crippen LogP contribution in [0.25, 0.3) is 0 Å². The fourth-order valence-corrected chi connectivity index (χ4v) is 3.81. The number of rotatable bonds is 9. The van der Waals surface area contributed by atoms with Gasteiger partial charge in [0.25, 0.3) is 5.91 Å². The third kappa shape index (κ3) is 6.63. The van der Waals surface area contributed by atoms with E-state index in [-0.39, 0.29) is 11.7 Å². The SMILES string of the molecule is CCCNC(=O)c1csc(CN(Cc2ccc(F)cc2)Cc2ccc(Cl)cc2)n1. The van der Waals surface area contributed by atoms with Crippen LogP contribution >= 0.6 is 22.9 Å². The van der Waals surface area contributed by atoms with E-state index in [0.717, 1.165) is 22.6 Å². The van der Waals surface area contributed by atoms with Crippen LogP contribution in [-0.2, 0) is 19.6 Å². The van der Waals surface area contributed by atoms with Gasteiger partial charge >= 0.3 is 0 Å².